The van der Waals surface area contributed by atoms with Crippen molar-refractivity contribution in [2.24, 2.45) is 5.10 Å². The van der Waals surface area contributed by atoms with E-state index in [0.29, 0.717) is 11.4 Å². The summed E-state index contributed by atoms with van der Waals surface area (Å²) >= 11 is 6.27. The summed E-state index contributed by atoms with van der Waals surface area (Å²) in [6, 6.07) is 19.7. The van der Waals surface area contributed by atoms with E-state index >= 15 is 0 Å². The van der Waals surface area contributed by atoms with E-state index in [-0.39, 0.29) is 11.7 Å². The van der Waals surface area contributed by atoms with E-state index in [4.69, 9.17) is 26.2 Å². The zero-order valence-electron chi connectivity index (χ0n) is 16.6. The van der Waals surface area contributed by atoms with Crippen molar-refractivity contribution in [3.05, 3.63) is 98.6 Å². The molecule has 2 heterocycles. The van der Waals surface area contributed by atoms with Crippen molar-refractivity contribution >= 4 is 23.0 Å². The van der Waals surface area contributed by atoms with Gasteiger partial charge in [0, 0.05) is 40.3 Å². The van der Waals surface area contributed by atoms with Gasteiger partial charge in [0.15, 0.2) is 0 Å². The monoisotopic (exact) mass is 435 g/mol. The summed E-state index contributed by atoms with van der Waals surface area (Å²) in [6.07, 6.45) is 0.162. The van der Waals surface area contributed by atoms with E-state index in [0.717, 1.165) is 33.9 Å². The number of hydrogen-bond acceptors (Lipinski definition) is 6. The molecule has 0 aromatic heterocycles. The number of methoxy groups -OCH3 is 1. The molecule has 7 nitrogen and oxygen atoms in total. The van der Waals surface area contributed by atoms with Gasteiger partial charge >= 0.3 is 0 Å². The number of ether oxygens (including phenoxy) is 2. The maximum Gasteiger partial charge on any atom is 0.269 e. The molecule has 0 aliphatic carbocycles. The van der Waals surface area contributed by atoms with Gasteiger partial charge in [0.25, 0.3) is 5.69 Å². The number of fused-ring (bicyclic) bond motifs is 3. The van der Waals surface area contributed by atoms with Crippen LogP contribution < -0.4 is 9.47 Å². The van der Waals surface area contributed by atoms with Gasteiger partial charge in [0.2, 0.25) is 6.23 Å². The molecule has 2 aliphatic rings. The van der Waals surface area contributed by atoms with Crippen LogP contribution in [0.4, 0.5) is 5.69 Å². The first-order valence-electron chi connectivity index (χ1n) is 9.74. The second kappa shape index (κ2) is 7.59. The van der Waals surface area contributed by atoms with Gasteiger partial charge in [-0.2, -0.15) is 5.10 Å². The molecule has 2 unspecified atom stereocenters. The highest BCUT2D eigenvalue weighted by Gasteiger charge is 2.41. The van der Waals surface area contributed by atoms with E-state index in [1.807, 2.05) is 41.4 Å². The van der Waals surface area contributed by atoms with E-state index < -0.39 is 11.2 Å². The van der Waals surface area contributed by atoms with Crippen LogP contribution in [-0.4, -0.2) is 22.8 Å². The number of hydrogen-bond donors (Lipinski definition) is 0. The second-order valence-corrected chi connectivity index (χ2v) is 7.82. The fraction of sp³-hybridized carbons (Fsp3) is 0.174. The summed E-state index contributed by atoms with van der Waals surface area (Å²) < 4.78 is 11.6. The molecule has 2 atom stereocenters. The van der Waals surface area contributed by atoms with Gasteiger partial charge in [-0.15, -0.1) is 0 Å². The molecule has 2 aliphatic heterocycles. The number of non-ortho nitro benzene ring substituents is 1. The largest absolute Gasteiger partial charge is 0.497 e. The number of nitro groups is 1. The Morgan fingerprint density at radius 2 is 1.97 bits per heavy atom. The molecule has 0 spiro atoms. The van der Waals surface area contributed by atoms with Gasteiger partial charge in [0.05, 0.1) is 23.8 Å². The number of nitro benzene ring substituents is 1. The third-order valence-corrected chi connectivity index (χ3v) is 5.78. The van der Waals surface area contributed by atoms with E-state index in [9.17, 15) is 10.1 Å². The van der Waals surface area contributed by atoms with E-state index in [1.54, 1.807) is 25.3 Å². The van der Waals surface area contributed by atoms with Crippen LogP contribution >= 0.6 is 11.6 Å². The third-order valence-electron chi connectivity index (χ3n) is 5.54. The Morgan fingerprint density at radius 1 is 1.16 bits per heavy atom. The van der Waals surface area contributed by atoms with Gasteiger partial charge in [0.1, 0.15) is 11.5 Å². The molecule has 3 aromatic rings. The highest BCUT2D eigenvalue weighted by atomic mass is 35.5. The van der Waals surface area contributed by atoms with E-state index in [1.165, 1.54) is 12.1 Å². The molecule has 0 fully saturated rings. The smallest absolute Gasteiger partial charge is 0.269 e. The highest BCUT2D eigenvalue weighted by molar-refractivity contribution is 6.30. The Labute approximate surface area is 183 Å². The summed E-state index contributed by atoms with van der Waals surface area (Å²) in [7, 11) is 1.63. The van der Waals surface area contributed by atoms with Gasteiger partial charge in [-0.05, 0) is 42.5 Å². The maximum absolute atomic E-state index is 11.0. The Balaban J connectivity index is 1.57. The second-order valence-electron chi connectivity index (χ2n) is 7.38. The normalized spacial score (nSPS) is 19.2. The lowest BCUT2D eigenvalue weighted by molar-refractivity contribution is -0.384. The lowest BCUT2D eigenvalue weighted by Crippen LogP contribution is -2.33. The van der Waals surface area contributed by atoms with Crippen molar-refractivity contribution < 1.29 is 14.4 Å². The quantitative estimate of drug-likeness (QED) is 0.399. The summed E-state index contributed by atoms with van der Waals surface area (Å²) in [5.41, 5.74) is 3.66. The van der Waals surface area contributed by atoms with Gasteiger partial charge in [-0.3, -0.25) is 10.1 Å². The number of halogens is 1. The van der Waals surface area contributed by atoms with Gasteiger partial charge in [-0.25, -0.2) is 5.01 Å². The Bertz CT molecular complexity index is 1200. The van der Waals surface area contributed by atoms with Crippen LogP contribution in [0.15, 0.2) is 71.8 Å². The van der Waals surface area contributed by atoms with Crippen LogP contribution in [0.1, 0.15) is 35.4 Å². The molecule has 0 saturated heterocycles. The molecule has 3 aromatic carbocycles. The molecule has 0 bridgehead atoms. The minimum Gasteiger partial charge on any atom is -0.497 e. The van der Waals surface area contributed by atoms with Gasteiger partial charge in [-0.1, -0.05) is 23.7 Å². The molecule has 0 amide bonds. The van der Waals surface area contributed by atoms with Crippen molar-refractivity contribution in [3.8, 4) is 11.5 Å². The van der Waals surface area contributed by atoms with Crippen molar-refractivity contribution in [3.63, 3.8) is 0 Å². The minimum absolute atomic E-state index is 0.0327. The molecule has 0 radical (unpaired) electrons. The highest BCUT2D eigenvalue weighted by Crippen LogP contribution is 2.48. The van der Waals surface area contributed by atoms with Crippen molar-refractivity contribution in [2.45, 2.75) is 18.7 Å². The maximum atomic E-state index is 11.0. The van der Waals surface area contributed by atoms with Crippen molar-refractivity contribution in [2.75, 3.05) is 7.11 Å². The number of rotatable bonds is 4. The van der Waals surface area contributed by atoms with E-state index in [2.05, 4.69) is 0 Å². The Morgan fingerprint density at radius 3 is 2.71 bits per heavy atom. The van der Waals surface area contributed by atoms with Crippen molar-refractivity contribution in [1.29, 1.82) is 0 Å². The van der Waals surface area contributed by atoms with Gasteiger partial charge < -0.3 is 9.47 Å². The SMILES string of the molecule is COc1cccc(C2=NN3C(C2)c2cc(Cl)ccc2OC3c2ccc([N+](=O)[O-])cc2)c1. The first-order chi connectivity index (χ1) is 15.0. The average molecular weight is 436 g/mol. The van der Waals surface area contributed by atoms with Crippen LogP contribution in [0.2, 0.25) is 5.02 Å². The fourth-order valence-electron chi connectivity index (χ4n) is 4.02. The Kier molecular flexibility index (Phi) is 4.75. The molecule has 0 N–H and O–H groups in total. The molecule has 0 saturated carbocycles. The summed E-state index contributed by atoms with van der Waals surface area (Å²) in [5.74, 6) is 1.49. The molecule has 5 rings (SSSR count). The molecule has 31 heavy (non-hydrogen) atoms. The number of nitrogens with zero attached hydrogens (tertiary/aromatic N) is 3. The third kappa shape index (κ3) is 3.47. The predicted octanol–water partition coefficient (Wildman–Crippen LogP) is 5.50. The molecule has 8 heteroatoms. The molecular weight excluding hydrogens is 418 g/mol. The van der Waals surface area contributed by atoms with Crippen LogP contribution in [0.5, 0.6) is 11.5 Å². The molecular formula is C23H18ClN3O4. The first kappa shape index (κ1) is 19.4. The van der Waals surface area contributed by atoms with Crippen molar-refractivity contribution in [1.82, 2.24) is 5.01 Å². The summed E-state index contributed by atoms with van der Waals surface area (Å²) in [6.45, 7) is 0. The van der Waals surface area contributed by atoms with Crippen LogP contribution in [-0.2, 0) is 0 Å². The predicted molar refractivity (Wildman–Crippen MR) is 117 cm³/mol. The topological polar surface area (TPSA) is 77.2 Å². The van der Waals surface area contributed by atoms with Crippen LogP contribution in [0.25, 0.3) is 0 Å². The van der Waals surface area contributed by atoms with Crippen LogP contribution in [0.3, 0.4) is 0 Å². The lowest BCUT2D eigenvalue weighted by Gasteiger charge is -2.38. The lowest BCUT2D eigenvalue weighted by atomic mass is 9.96. The fourth-order valence-corrected chi connectivity index (χ4v) is 4.20. The molecule has 156 valence electrons. The number of hydrazone groups is 1. The first-order valence-corrected chi connectivity index (χ1v) is 10.1. The average Bonchev–Trinajstić information content (AvgIpc) is 3.25. The van der Waals surface area contributed by atoms with Crippen LogP contribution in [0, 0.1) is 10.1 Å². The summed E-state index contributed by atoms with van der Waals surface area (Å²) in [5, 5.41) is 18.5. The standard InChI is InChI=1S/C23H18ClN3O4/c1-30-18-4-2-3-15(11-18)20-13-21-19-12-16(24)7-10-22(19)31-23(26(21)25-20)14-5-8-17(9-6-14)27(28)29/h2-12,21,23H,13H2,1H3. The zero-order chi connectivity index (χ0) is 21.5. The number of benzene rings is 3. The minimum atomic E-state index is -0.511. The Hall–Kier alpha value is -3.58. The summed E-state index contributed by atoms with van der Waals surface area (Å²) in [4.78, 5) is 10.6. The zero-order valence-corrected chi connectivity index (χ0v) is 17.3.